The van der Waals surface area contributed by atoms with Crippen molar-refractivity contribution in [1.82, 2.24) is 9.55 Å². The highest BCUT2D eigenvalue weighted by molar-refractivity contribution is 7.86. The number of hydrogen-bond acceptors (Lipinski definition) is 2. The van der Waals surface area contributed by atoms with Crippen molar-refractivity contribution in [3.63, 3.8) is 0 Å². The second-order valence-corrected chi connectivity index (χ2v) is 12.9. The summed E-state index contributed by atoms with van der Waals surface area (Å²) in [6, 6.07) is 40.0. The molecule has 38 heavy (non-hydrogen) atoms. The smallest absolute Gasteiger partial charge is 0.175 e. The highest BCUT2D eigenvalue weighted by Crippen LogP contribution is 2.52. The van der Waals surface area contributed by atoms with Gasteiger partial charge >= 0.3 is 0 Å². The van der Waals surface area contributed by atoms with Crippen LogP contribution >= 0.6 is 7.14 Å². The molecule has 1 aromatic heterocycles. The maximum atomic E-state index is 15.6. The molecule has 0 fully saturated rings. The molecule has 0 saturated heterocycles. The van der Waals surface area contributed by atoms with E-state index in [-0.39, 0.29) is 5.92 Å². The third-order valence-corrected chi connectivity index (χ3v) is 11.3. The first-order chi connectivity index (χ1) is 18.7. The lowest BCUT2D eigenvalue weighted by molar-refractivity contribution is 0.592. The van der Waals surface area contributed by atoms with Gasteiger partial charge in [-0.25, -0.2) is 4.98 Å². The Morgan fingerprint density at radius 2 is 1.37 bits per heavy atom. The fourth-order valence-corrected chi connectivity index (χ4v) is 9.69. The average Bonchev–Trinajstić information content (AvgIpc) is 3.52. The van der Waals surface area contributed by atoms with Crippen LogP contribution in [-0.2, 0) is 11.0 Å². The summed E-state index contributed by atoms with van der Waals surface area (Å²) in [4.78, 5) is 5.15. The topological polar surface area (TPSA) is 34.9 Å². The van der Waals surface area contributed by atoms with Crippen LogP contribution in [0.25, 0.3) is 27.8 Å². The lowest BCUT2D eigenvalue weighted by atomic mass is 9.89. The number of nitrogens with zero attached hydrogens (tertiary/aromatic N) is 2. The van der Waals surface area contributed by atoms with Gasteiger partial charge in [-0.05, 0) is 52.1 Å². The maximum absolute atomic E-state index is 15.6. The third-order valence-electron chi connectivity index (χ3n) is 8.23. The summed E-state index contributed by atoms with van der Waals surface area (Å²) in [7, 11) is -3.16. The van der Waals surface area contributed by atoms with E-state index >= 15 is 4.57 Å². The molecule has 4 heteroatoms. The molecule has 5 aromatic carbocycles. The minimum absolute atomic E-state index is 0.0691. The van der Waals surface area contributed by atoms with Gasteiger partial charge in [-0.15, -0.1) is 0 Å². The molecule has 1 aliphatic carbocycles. The molecule has 3 nitrogen and oxygen atoms in total. The Hall–Kier alpha value is -4.20. The zero-order valence-electron chi connectivity index (χ0n) is 21.0. The van der Waals surface area contributed by atoms with Crippen molar-refractivity contribution < 1.29 is 4.57 Å². The van der Waals surface area contributed by atoms with Crippen molar-refractivity contribution in [2.45, 2.75) is 19.3 Å². The fraction of sp³-hybridized carbons (Fsp3) is 0.0882. The van der Waals surface area contributed by atoms with Gasteiger partial charge in [0.2, 0.25) is 0 Å². The molecule has 1 unspecified atom stereocenters. The first-order valence-electron chi connectivity index (χ1n) is 13.2. The van der Waals surface area contributed by atoms with E-state index in [1.807, 2.05) is 48.5 Å². The lowest BCUT2D eigenvalue weighted by Gasteiger charge is -2.30. The van der Waals surface area contributed by atoms with E-state index < -0.39 is 7.14 Å². The van der Waals surface area contributed by atoms with Crippen LogP contribution in [0.3, 0.4) is 0 Å². The zero-order chi connectivity index (χ0) is 25.4. The Balaban J connectivity index is 1.50. The molecule has 2 heterocycles. The molecule has 0 spiro atoms. The molecule has 0 radical (unpaired) electrons. The van der Waals surface area contributed by atoms with Crippen molar-refractivity contribution in [1.29, 1.82) is 0 Å². The summed E-state index contributed by atoms with van der Waals surface area (Å²) in [5.74, 6) is 1.07. The third kappa shape index (κ3) is 2.75. The number of imidazole rings is 1. The van der Waals surface area contributed by atoms with E-state index in [1.165, 1.54) is 22.3 Å². The maximum Gasteiger partial charge on any atom is 0.175 e. The van der Waals surface area contributed by atoms with E-state index in [0.717, 1.165) is 50.4 Å². The van der Waals surface area contributed by atoms with Crippen molar-refractivity contribution >= 4 is 34.1 Å². The average molecular weight is 509 g/mol. The Kier molecular flexibility index (Phi) is 4.54. The van der Waals surface area contributed by atoms with Gasteiger partial charge < -0.3 is 4.57 Å². The summed E-state index contributed by atoms with van der Waals surface area (Å²) in [5.41, 5.74) is 9.17. The first kappa shape index (κ1) is 21.8. The van der Waals surface area contributed by atoms with Gasteiger partial charge in [-0.1, -0.05) is 97.9 Å². The monoisotopic (exact) mass is 508 g/mol. The van der Waals surface area contributed by atoms with Crippen molar-refractivity contribution in [3.8, 4) is 16.8 Å². The van der Waals surface area contributed by atoms with Gasteiger partial charge in [0.1, 0.15) is 5.82 Å². The summed E-state index contributed by atoms with van der Waals surface area (Å²) < 4.78 is 17.8. The summed E-state index contributed by atoms with van der Waals surface area (Å²) >= 11 is 0. The molecule has 182 valence electrons. The van der Waals surface area contributed by atoms with Crippen molar-refractivity contribution in [2.75, 3.05) is 0 Å². The molecule has 2 aliphatic rings. The molecule has 0 saturated carbocycles. The van der Waals surface area contributed by atoms with Gasteiger partial charge in [0.15, 0.2) is 7.14 Å². The van der Waals surface area contributed by atoms with Crippen LogP contribution in [0.1, 0.15) is 35.4 Å². The molecule has 0 amide bonds. The van der Waals surface area contributed by atoms with Crippen LogP contribution in [0.4, 0.5) is 0 Å². The Labute approximate surface area is 221 Å². The normalized spacial score (nSPS) is 17.3. The van der Waals surface area contributed by atoms with Crippen molar-refractivity contribution in [2.24, 2.45) is 0 Å². The van der Waals surface area contributed by atoms with E-state index in [4.69, 9.17) is 4.98 Å². The molecule has 0 N–H and O–H groups in total. The number of para-hydroxylation sites is 1. The Morgan fingerprint density at radius 3 is 2.08 bits per heavy atom. The van der Waals surface area contributed by atoms with E-state index in [1.54, 1.807) is 0 Å². The minimum Gasteiger partial charge on any atom is -0.308 e. The van der Waals surface area contributed by atoms with Gasteiger partial charge in [0.05, 0.1) is 16.7 Å². The number of aromatic nitrogens is 2. The number of aryl methyl sites for hydroxylation is 1. The van der Waals surface area contributed by atoms with E-state index in [9.17, 15) is 0 Å². The van der Waals surface area contributed by atoms with Crippen molar-refractivity contribution in [3.05, 3.63) is 138 Å². The number of fused-ring (bicyclic) bond motifs is 5. The first-order valence-corrected chi connectivity index (χ1v) is 14.9. The summed E-state index contributed by atoms with van der Waals surface area (Å²) in [5, 5.41) is 2.64. The van der Waals surface area contributed by atoms with Crippen LogP contribution in [-0.4, -0.2) is 9.55 Å². The number of benzene rings is 5. The standard InChI is InChI=1S/C34H25N2OP/c1-2-32-35-28-20-22(33-26-16-8-6-14-24(26)25-15-7-9-17-27(25)33)21-31-34(28)36(32)29-18-10-11-19-30(29)38(31,37)23-12-4-3-5-13-23/h3-21,33H,2H2,1H3. The second-order valence-electron chi connectivity index (χ2n) is 10.2. The zero-order valence-corrected chi connectivity index (χ0v) is 21.9. The van der Waals surface area contributed by atoms with Gasteiger partial charge in [0, 0.05) is 28.3 Å². The number of rotatable bonds is 3. The van der Waals surface area contributed by atoms with Crippen LogP contribution < -0.4 is 15.9 Å². The fourth-order valence-electron chi connectivity index (χ4n) is 6.64. The Bertz CT molecular complexity index is 1910. The highest BCUT2D eigenvalue weighted by atomic mass is 31.2. The highest BCUT2D eigenvalue weighted by Gasteiger charge is 2.41. The molecule has 6 aromatic rings. The molecular formula is C34H25N2OP. The summed E-state index contributed by atoms with van der Waals surface area (Å²) in [6.07, 6.45) is 0.794. The van der Waals surface area contributed by atoms with Crippen LogP contribution in [0.2, 0.25) is 0 Å². The van der Waals surface area contributed by atoms with Crippen LogP contribution in [0.5, 0.6) is 0 Å². The second kappa shape index (κ2) is 7.90. The Morgan fingerprint density at radius 1 is 0.737 bits per heavy atom. The molecule has 8 rings (SSSR count). The minimum atomic E-state index is -3.16. The van der Waals surface area contributed by atoms with E-state index in [2.05, 4.69) is 78.2 Å². The van der Waals surface area contributed by atoms with E-state index in [0.29, 0.717) is 0 Å². The molecule has 1 atom stereocenters. The predicted molar refractivity (Wildman–Crippen MR) is 156 cm³/mol. The quantitative estimate of drug-likeness (QED) is 0.249. The van der Waals surface area contributed by atoms with Gasteiger partial charge in [-0.2, -0.15) is 0 Å². The lowest BCUT2D eigenvalue weighted by Crippen LogP contribution is -2.33. The largest absolute Gasteiger partial charge is 0.308 e. The van der Waals surface area contributed by atoms with Gasteiger partial charge in [0.25, 0.3) is 0 Å². The molecular weight excluding hydrogens is 483 g/mol. The predicted octanol–water partition coefficient (Wildman–Crippen LogP) is 6.70. The van der Waals surface area contributed by atoms with Crippen LogP contribution in [0.15, 0.2) is 115 Å². The molecule has 1 aliphatic heterocycles. The SMILES string of the molecule is CCc1nc2cc(C3c4ccccc4-c4ccccc43)cc3c2n1-c1ccccc1P3(=O)c1ccccc1. The summed E-state index contributed by atoms with van der Waals surface area (Å²) in [6.45, 7) is 2.14. The van der Waals surface area contributed by atoms with Gasteiger partial charge in [-0.3, -0.25) is 4.57 Å². The molecule has 0 bridgehead atoms. The number of hydrogen-bond donors (Lipinski definition) is 0. The van der Waals surface area contributed by atoms with Crippen LogP contribution in [0, 0.1) is 0 Å².